The number of fused-ring (bicyclic) bond motifs is 1. The third-order valence-corrected chi connectivity index (χ3v) is 10.6. The SMILES string of the molecule is CC(C)CN(C[C@@H](O)[C@H](Cc1ccccc1)NC(=O)[C@H](Cc1c[nH]c2ccccc12)NC(=O)OCc1ccccc1)S(=O)(=O)c1ccc(CN=O)cc1. The van der Waals surface area contributed by atoms with Gasteiger partial charge in [0.1, 0.15) is 19.2 Å². The fourth-order valence-electron chi connectivity index (χ4n) is 6.08. The van der Waals surface area contributed by atoms with Crippen molar-refractivity contribution in [2.45, 2.75) is 62.9 Å². The molecular weight excluding hydrogens is 695 g/mol. The van der Waals surface area contributed by atoms with E-state index in [1.54, 1.807) is 6.20 Å². The van der Waals surface area contributed by atoms with Gasteiger partial charge in [-0.25, -0.2) is 13.2 Å². The van der Waals surface area contributed by atoms with Crippen LogP contribution >= 0.6 is 0 Å². The van der Waals surface area contributed by atoms with E-state index in [0.717, 1.165) is 27.6 Å². The van der Waals surface area contributed by atoms with E-state index in [2.05, 4.69) is 20.8 Å². The van der Waals surface area contributed by atoms with Gasteiger partial charge in [-0.15, -0.1) is 0 Å². The number of nitrogens with one attached hydrogen (secondary N) is 3. The van der Waals surface area contributed by atoms with E-state index < -0.39 is 40.2 Å². The van der Waals surface area contributed by atoms with Gasteiger partial charge in [0.25, 0.3) is 0 Å². The molecule has 0 unspecified atom stereocenters. The number of aromatic nitrogens is 1. The number of aliphatic hydroxyl groups excluding tert-OH is 1. The van der Waals surface area contributed by atoms with Gasteiger partial charge in [-0.05, 0) is 52.8 Å². The lowest BCUT2D eigenvalue weighted by Crippen LogP contribution is -2.56. The van der Waals surface area contributed by atoms with Gasteiger partial charge in [0.15, 0.2) is 0 Å². The van der Waals surface area contributed by atoms with Crippen LogP contribution in [0.2, 0.25) is 0 Å². The van der Waals surface area contributed by atoms with Crippen molar-refractivity contribution in [1.82, 2.24) is 19.9 Å². The first-order valence-corrected chi connectivity index (χ1v) is 18.9. The van der Waals surface area contributed by atoms with Crippen LogP contribution < -0.4 is 10.6 Å². The number of carbonyl (C=O) groups is 2. The molecule has 0 aliphatic rings. The third-order valence-electron chi connectivity index (χ3n) is 8.78. The number of para-hydroxylation sites is 1. The summed E-state index contributed by atoms with van der Waals surface area (Å²) in [5, 5.41) is 21.2. The number of nitrogens with zero attached hydrogens (tertiary/aromatic N) is 2. The predicted octanol–water partition coefficient (Wildman–Crippen LogP) is 5.71. The first kappa shape index (κ1) is 38.9. The van der Waals surface area contributed by atoms with Gasteiger partial charge in [-0.3, -0.25) is 4.79 Å². The molecule has 1 heterocycles. The van der Waals surface area contributed by atoms with Gasteiger partial charge in [-0.2, -0.15) is 9.21 Å². The molecule has 0 fully saturated rings. The molecule has 53 heavy (non-hydrogen) atoms. The number of carbonyl (C=O) groups excluding carboxylic acids is 2. The summed E-state index contributed by atoms with van der Waals surface area (Å²) in [4.78, 5) is 41.3. The highest BCUT2D eigenvalue weighted by Crippen LogP contribution is 2.22. The van der Waals surface area contributed by atoms with Gasteiger partial charge in [0.05, 0.1) is 17.0 Å². The maximum Gasteiger partial charge on any atom is 0.408 e. The minimum Gasteiger partial charge on any atom is -0.445 e. The second-order valence-electron chi connectivity index (χ2n) is 13.3. The van der Waals surface area contributed by atoms with Crippen molar-refractivity contribution < 1.29 is 27.9 Å². The highest BCUT2D eigenvalue weighted by molar-refractivity contribution is 7.89. The molecule has 4 N–H and O–H groups in total. The van der Waals surface area contributed by atoms with Crippen molar-refractivity contribution in [3.63, 3.8) is 0 Å². The molecule has 0 aliphatic heterocycles. The summed E-state index contributed by atoms with van der Waals surface area (Å²) in [6.07, 6.45) is -0.0827. The molecule has 0 saturated carbocycles. The zero-order valence-electron chi connectivity index (χ0n) is 29.7. The Balaban J connectivity index is 1.40. The minimum atomic E-state index is -4.10. The van der Waals surface area contributed by atoms with Crippen LogP contribution in [-0.2, 0) is 45.5 Å². The standard InChI is InChI=1S/C40H45N5O7S/c1-28(2)25-45(53(50,51)33-19-17-30(18-20-33)23-42-49)26-38(46)36(21-29-11-5-3-6-12-29)43-39(47)37(22-32-24-41-35-16-10-9-15-34(32)35)44-40(48)52-27-31-13-7-4-8-14-31/h3-20,24,28,36-38,41,46H,21-23,25-27H2,1-2H3,(H,43,47)(H,44,48)/t36-,37-,38+/m0/s1. The lowest BCUT2D eigenvalue weighted by atomic mass is 9.99. The first-order chi connectivity index (χ1) is 25.5. The van der Waals surface area contributed by atoms with Crippen molar-refractivity contribution in [3.8, 4) is 0 Å². The van der Waals surface area contributed by atoms with Crippen LogP contribution in [0.25, 0.3) is 10.9 Å². The molecule has 0 bridgehead atoms. The Labute approximate surface area is 309 Å². The fourth-order valence-corrected chi connectivity index (χ4v) is 7.70. The largest absolute Gasteiger partial charge is 0.445 e. The number of ether oxygens (including phenoxy) is 1. The first-order valence-electron chi connectivity index (χ1n) is 17.5. The van der Waals surface area contributed by atoms with Crippen LogP contribution in [0.3, 0.4) is 0 Å². The van der Waals surface area contributed by atoms with Gasteiger partial charge in [0, 0.05) is 36.6 Å². The Morgan fingerprint density at radius 2 is 1.45 bits per heavy atom. The Bertz CT molecular complexity index is 2060. The highest BCUT2D eigenvalue weighted by Gasteiger charge is 2.33. The second-order valence-corrected chi connectivity index (χ2v) is 15.3. The molecule has 0 spiro atoms. The smallest absolute Gasteiger partial charge is 0.408 e. The molecule has 1 aromatic heterocycles. The second kappa shape index (κ2) is 18.4. The van der Waals surface area contributed by atoms with E-state index >= 15 is 0 Å². The van der Waals surface area contributed by atoms with Crippen molar-refractivity contribution in [1.29, 1.82) is 0 Å². The summed E-state index contributed by atoms with van der Waals surface area (Å²) in [5.41, 5.74) is 3.81. The lowest BCUT2D eigenvalue weighted by molar-refractivity contribution is -0.124. The number of benzene rings is 4. The van der Waals surface area contributed by atoms with Crippen LogP contribution in [0.5, 0.6) is 0 Å². The Morgan fingerprint density at radius 3 is 2.11 bits per heavy atom. The number of nitroso groups, excluding NO2 is 1. The maximum atomic E-state index is 14.2. The predicted molar refractivity (Wildman–Crippen MR) is 203 cm³/mol. The van der Waals surface area contributed by atoms with Gasteiger partial charge in [0.2, 0.25) is 15.9 Å². The number of amides is 2. The quantitative estimate of drug-likeness (QED) is 0.0835. The normalized spacial score (nSPS) is 13.4. The number of hydrogen-bond acceptors (Lipinski definition) is 8. The number of aromatic amines is 1. The summed E-state index contributed by atoms with van der Waals surface area (Å²) in [7, 11) is -4.10. The van der Waals surface area contributed by atoms with E-state index in [9.17, 15) is 28.0 Å². The summed E-state index contributed by atoms with van der Waals surface area (Å²) < 4.78 is 34.5. The molecule has 2 amide bonds. The van der Waals surface area contributed by atoms with Crippen molar-refractivity contribution in [2.75, 3.05) is 13.1 Å². The zero-order valence-corrected chi connectivity index (χ0v) is 30.5. The van der Waals surface area contributed by atoms with E-state index in [0.29, 0.717) is 5.56 Å². The molecule has 3 atom stereocenters. The lowest BCUT2D eigenvalue weighted by Gasteiger charge is -2.31. The topological polar surface area (TPSA) is 170 Å². The number of aliphatic hydroxyl groups is 1. The molecule has 5 aromatic rings. The summed E-state index contributed by atoms with van der Waals surface area (Å²) in [6, 6.07) is 29.8. The average Bonchev–Trinajstić information content (AvgIpc) is 3.56. The molecule has 278 valence electrons. The number of H-pyrrole nitrogens is 1. The van der Waals surface area contributed by atoms with E-state index in [4.69, 9.17) is 4.74 Å². The molecule has 0 aliphatic carbocycles. The number of rotatable bonds is 18. The number of sulfonamides is 1. The molecule has 5 rings (SSSR count). The molecule has 13 heteroatoms. The van der Waals surface area contributed by atoms with E-state index in [-0.39, 0.29) is 49.9 Å². The van der Waals surface area contributed by atoms with Crippen LogP contribution in [-0.4, -0.2) is 66.1 Å². The molecular formula is C40H45N5O7S. The maximum absolute atomic E-state index is 14.2. The summed E-state index contributed by atoms with van der Waals surface area (Å²) in [6.45, 7) is 3.43. The molecule has 12 nitrogen and oxygen atoms in total. The summed E-state index contributed by atoms with van der Waals surface area (Å²) >= 11 is 0. The highest BCUT2D eigenvalue weighted by atomic mass is 32.2. The van der Waals surface area contributed by atoms with Crippen LogP contribution in [0, 0.1) is 10.8 Å². The molecule has 0 saturated heterocycles. The van der Waals surface area contributed by atoms with Gasteiger partial charge < -0.3 is 25.5 Å². The van der Waals surface area contributed by atoms with E-state index in [1.807, 2.05) is 98.8 Å². The van der Waals surface area contributed by atoms with Crippen molar-refractivity contribution >= 4 is 32.9 Å². The van der Waals surface area contributed by atoms with Crippen molar-refractivity contribution in [2.24, 2.45) is 11.1 Å². The fraction of sp³-hybridized carbons (Fsp3) is 0.300. The number of hydrogen-bond donors (Lipinski definition) is 4. The van der Waals surface area contributed by atoms with Crippen LogP contribution in [0.15, 0.2) is 125 Å². The average molecular weight is 740 g/mol. The molecule has 0 radical (unpaired) electrons. The molecule has 4 aromatic carbocycles. The van der Waals surface area contributed by atoms with E-state index in [1.165, 1.54) is 28.6 Å². The Kier molecular flexibility index (Phi) is 13.5. The van der Waals surface area contributed by atoms with Crippen LogP contribution in [0.1, 0.15) is 36.1 Å². The zero-order chi connectivity index (χ0) is 37.8. The summed E-state index contributed by atoms with van der Waals surface area (Å²) in [5.74, 6) is -0.672. The van der Waals surface area contributed by atoms with Gasteiger partial charge >= 0.3 is 6.09 Å². The minimum absolute atomic E-state index is 0.000304. The monoisotopic (exact) mass is 739 g/mol. The Morgan fingerprint density at radius 1 is 0.811 bits per heavy atom. The third kappa shape index (κ3) is 10.8. The van der Waals surface area contributed by atoms with Crippen LogP contribution in [0.4, 0.5) is 4.79 Å². The van der Waals surface area contributed by atoms with Crippen molar-refractivity contribution in [3.05, 3.63) is 143 Å². The number of alkyl carbamates (subject to hydrolysis) is 1. The Hall–Kier alpha value is -5.37. The van der Waals surface area contributed by atoms with Gasteiger partial charge in [-0.1, -0.05) is 110 Å².